The van der Waals surface area contributed by atoms with Crippen LogP contribution in [0, 0.1) is 0 Å². The summed E-state index contributed by atoms with van der Waals surface area (Å²) in [5.41, 5.74) is -0.702. The molecule has 0 radical (unpaired) electrons. The second kappa shape index (κ2) is 5.57. The number of amides is 2. The molecule has 92 valence electrons. The fourth-order valence-corrected chi connectivity index (χ4v) is 2.40. The van der Waals surface area contributed by atoms with E-state index in [0.717, 1.165) is 17.9 Å². The Morgan fingerprint density at radius 1 is 1.44 bits per heavy atom. The summed E-state index contributed by atoms with van der Waals surface area (Å²) in [5.74, 6) is 2.09. The van der Waals surface area contributed by atoms with Crippen molar-refractivity contribution in [2.75, 3.05) is 24.6 Å². The zero-order valence-corrected chi connectivity index (χ0v) is 11.0. The van der Waals surface area contributed by atoms with Gasteiger partial charge in [-0.1, -0.05) is 6.92 Å². The van der Waals surface area contributed by atoms with Crippen molar-refractivity contribution in [3.05, 3.63) is 0 Å². The minimum atomic E-state index is -0.702. The molecule has 1 aliphatic rings. The number of hydrogen-bond acceptors (Lipinski definition) is 3. The molecule has 5 heteroatoms. The van der Waals surface area contributed by atoms with Crippen molar-refractivity contribution in [1.29, 1.82) is 0 Å². The fraction of sp³-hybridized carbons (Fsp3) is 0.818. The van der Waals surface area contributed by atoms with Gasteiger partial charge < -0.3 is 10.2 Å². The number of hydrogen-bond donors (Lipinski definition) is 1. The summed E-state index contributed by atoms with van der Waals surface area (Å²) in [6.45, 7) is 6.53. The van der Waals surface area contributed by atoms with Crippen molar-refractivity contribution in [3.8, 4) is 0 Å². The van der Waals surface area contributed by atoms with E-state index in [4.69, 9.17) is 0 Å². The van der Waals surface area contributed by atoms with Gasteiger partial charge in [0.25, 0.3) is 0 Å². The average molecular weight is 244 g/mol. The number of nitrogens with one attached hydrogen (secondary N) is 1. The van der Waals surface area contributed by atoms with Gasteiger partial charge in [0.15, 0.2) is 0 Å². The lowest BCUT2D eigenvalue weighted by Crippen LogP contribution is -2.64. The molecule has 0 saturated carbocycles. The van der Waals surface area contributed by atoms with Gasteiger partial charge in [-0.3, -0.25) is 9.59 Å². The Bertz CT molecular complexity index is 279. The molecule has 1 heterocycles. The Kier molecular flexibility index (Phi) is 4.65. The summed E-state index contributed by atoms with van der Waals surface area (Å²) in [5, 5.41) is 2.62. The Morgan fingerprint density at radius 2 is 2.12 bits per heavy atom. The van der Waals surface area contributed by atoms with Crippen LogP contribution in [0.2, 0.25) is 0 Å². The highest BCUT2D eigenvalue weighted by Crippen LogP contribution is 2.19. The van der Waals surface area contributed by atoms with Crippen LogP contribution in [0.4, 0.5) is 0 Å². The molecule has 0 aromatic rings. The monoisotopic (exact) mass is 244 g/mol. The standard InChI is InChI=1S/C11H20N2O2S/c1-4-16-7-5-6-13-9(14)8-12-10(15)11(13,2)3/h4-8H2,1-3H3,(H,12,15). The molecule has 1 rings (SSSR count). The molecule has 0 aromatic carbocycles. The molecule has 0 spiro atoms. The van der Waals surface area contributed by atoms with Crippen LogP contribution in [0.15, 0.2) is 0 Å². The number of rotatable bonds is 5. The first-order valence-corrected chi connectivity index (χ1v) is 6.82. The minimum Gasteiger partial charge on any atom is -0.345 e. The fourth-order valence-electron chi connectivity index (χ4n) is 1.78. The Balaban J connectivity index is 2.53. The highest BCUT2D eigenvalue weighted by Gasteiger charge is 2.40. The van der Waals surface area contributed by atoms with Gasteiger partial charge in [-0.05, 0) is 31.8 Å². The lowest BCUT2D eigenvalue weighted by atomic mass is 9.98. The summed E-state index contributed by atoms with van der Waals surface area (Å²) < 4.78 is 0. The highest BCUT2D eigenvalue weighted by molar-refractivity contribution is 7.99. The zero-order chi connectivity index (χ0) is 12.2. The Labute approximate surface area is 101 Å². The van der Waals surface area contributed by atoms with E-state index in [0.29, 0.717) is 6.54 Å². The van der Waals surface area contributed by atoms with E-state index in [1.807, 2.05) is 11.8 Å². The molecule has 1 aliphatic heterocycles. The van der Waals surface area contributed by atoms with Gasteiger partial charge in [-0.25, -0.2) is 0 Å². The van der Waals surface area contributed by atoms with Crippen LogP contribution in [0.3, 0.4) is 0 Å². The van der Waals surface area contributed by atoms with Crippen molar-refractivity contribution in [1.82, 2.24) is 10.2 Å². The molecule has 16 heavy (non-hydrogen) atoms. The maximum Gasteiger partial charge on any atom is 0.245 e. The van der Waals surface area contributed by atoms with E-state index in [1.165, 1.54) is 0 Å². The molecule has 1 N–H and O–H groups in total. The van der Waals surface area contributed by atoms with Crippen LogP contribution >= 0.6 is 11.8 Å². The molecule has 1 fully saturated rings. The van der Waals surface area contributed by atoms with Gasteiger partial charge in [0.05, 0.1) is 6.54 Å². The van der Waals surface area contributed by atoms with E-state index < -0.39 is 5.54 Å². The smallest absolute Gasteiger partial charge is 0.245 e. The minimum absolute atomic E-state index is 0.0195. The second-order valence-electron chi connectivity index (χ2n) is 4.34. The Morgan fingerprint density at radius 3 is 2.75 bits per heavy atom. The molecular weight excluding hydrogens is 224 g/mol. The molecule has 0 aliphatic carbocycles. The third kappa shape index (κ3) is 2.90. The van der Waals surface area contributed by atoms with Crippen LogP contribution in [0.1, 0.15) is 27.2 Å². The first kappa shape index (κ1) is 13.4. The van der Waals surface area contributed by atoms with Crippen LogP contribution in [-0.2, 0) is 9.59 Å². The maximum atomic E-state index is 11.7. The lowest BCUT2D eigenvalue weighted by Gasteiger charge is -2.41. The SMILES string of the molecule is CCSCCCN1C(=O)CNC(=O)C1(C)C. The zero-order valence-electron chi connectivity index (χ0n) is 10.2. The number of thioether (sulfide) groups is 1. The van der Waals surface area contributed by atoms with Crippen molar-refractivity contribution in [2.24, 2.45) is 0 Å². The van der Waals surface area contributed by atoms with Crippen LogP contribution in [0.5, 0.6) is 0 Å². The topological polar surface area (TPSA) is 49.4 Å². The quantitative estimate of drug-likeness (QED) is 0.730. The summed E-state index contributed by atoms with van der Waals surface area (Å²) >= 11 is 1.86. The predicted molar refractivity (Wildman–Crippen MR) is 66.4 cm³/mol. The molecule has 0 aromatic heterocycles. The van der Waals surface area contributed by atoms with E-state index in [9.17, 15) is 9.59 Å². The third-order valence-electron chi connectivity index (χ3n) is 2.81. The predicted octanol–water partition coefficient (Wildman–Crippen LogP) is 0.867. The van der Waals surface area contributed by atoms with Gasteiger partial charge in [-0.15, -0.1) is 0 Å². The van der Waals surface area contributed by atoms with Crippen molar-refractivity contribution in [3.63, 3.8) is 0 Å². The van der Waals surface area contributed by atoms with Crippen molar-refractivity contribution in [2.45, 2.75) is 32.7 Å². The number of piperazine rings is 1. The lowest BCUT2D eigenvalue weighted by molar-refractivity contribution is -0.151. The molecule has 1 saturated heterocycles. The first-order valence-electron chi connectivity index (χ1n) is 5.66. The van der Waals surface area contributed by atoms with Crippen molar-refractivity contribution < 1.29 is 9.59 Å². The van der Waals surface area contributed by atoms with Gasteiger partial charge >= 0.3 is 0 Å². The molecule has 0 unspecified atom stereocenters. The second-order valence-corrected chi connectivity index (χ2v) is 5.73. The third-order valence-corrected chi connectivity index (χ3v) is 3.79. The van der Waals surface area contributed by atoms with E-state index in [1.54, 1.807) is 18.7 Å². The summed E-state index contributed by atoms with van der Waals surface area (Å²) in [4.78, 5) is 25.1. The number of nitrogens with zero attached hydrogens (tertiary/aromatic N) is 1. The summed E-state index contributed by atoms with van der Waals surface area (Å²) in [6, 6.07) is 0. The summed E-state index contributed by atoms with van der Waals surface area (Å²) in [7, 11) is 0. The van der Waals surface area contributed by atoms with E-state index >= 15 is 0 Å². The van der Waals surface area contributed by atoms with E-state index in [2.05, 4.69) is 12.2 Å². The molecule has 0 bridgehead atoms. The number of carbonyl (C=O) groups excluding carboxylic acids is 2. The molecule has 2 amide bonds. The molecule has 4 nitrogen and oxygen atoms in total. The van der Waals surface area contributed by atoms with Crippen LogP contribution < -0.4 is 5.32 Å². The number of carbonyl (C=O) groups is 2. The van der Waals surface area contributed by atoms with Crippen LogP contribution in [-0.4, -0.2) is 46.8 Å². The molecule has 0 atom stereocenters. The van der Waals surface area contributed by atoms with Crippen LogP contribution in [0.25, 0.3) is 0 Å². The van der Waals surface area contributed by atoms with Gasteiger partial charge in [0, 0.05) is 6.54 Å². The van der Waals surface area contributed by atoms with Gasteiger partial charge in [-0.2, -0.15) is 11.8 Å². The highest BCUT2D eigenvalue weighted by atomic mass is 32.2. The Hall–Kier alpha value is -0.710. The maximum absolute atomic E-state index is 11.7. The average Bonchev–Trinajstić information content (AvgIpc) is 2.23. The van der Waals surface area contributed by atoms with Crippen molar-refractivity contribution >= 4 is 23.6 Å². The van der Waals surface area contributed by atoms with Gasteiger partial charge in [0.2, 0.25) is 11.8 Å². The largest absolute Gasteiger partial charge is 0.345 e. The summed E-state index contributed by atoms with van der Waals surface area (Å²) in [6.07, 6.45) is 0.945. The molecular formula is C11H20N2O2S. The normalized spacial score (nSPS) is 19.8. The first-order chi connectivity index (χ1) is 7.50. The van der Waals surface area contributed by atoms with Gasteiger partial charge in [0.1, 0.15) is 5.54 Å². The van der Waals surface area contributed by atoms with E-state index in [-0.39, 0.29) is 18.4 Å².